The summed E-state index contributed by atoms with van der Waals surface area (Å²) in [6.45, 7) is 0.0496. The molecular formula is C17H15FN2O4. The van der Waals surface area contributed by atoms with E-state index in [0.717, 1.165) is 18.9 Å². The number of hydrogen-bond acceptors (Lipinski definition) is 4. The van der Waals surface area contributed by atoms with Gasteiger partial charge >= 0.3 is 5.97 Å². The van der Waals surface area contributed by atoms with Crippen LogP contribution in [0.2, 0.25) is 0 Å². The molecule has 1 aliphatic rings. The number of carbonyl (C=O) groups is 1. The van der Waals surface area contributed by atoms with Crippen LogP contribution in [0.1, 0.15) is 34.8 Å². The molecule has 0 radical (unpaired) electrons. The highest BCUT2D eigenvalue weighted by molar-refractivity contribution is 5.95. The Labute approximate surface area is 136 Å². The summed E-state index contributed by atoms with van der Waals surface area (Å²) in [6.07, 6.45) is 2.99. The Balaban J connectivity index is 2.48. The second-order valence-electron chi connectivity index (χ2n) is 5.48. The van der Waals surface area contributed by atoms with Crippen LogP contribution in [0.25, 0.3) is 10.9 Å². The lowest BCUT2D eigenvalue weighted by atomic mass is 10.1. The van der Waals surface area contributed by atoms with E-state index in [0.29, 0.717) is 5.52 Å². The van der Waals surface area contributed by atoms with Gasteiger partial charge in [0.05, 0.1) is 24.6 Å². The quantitative estimate of drug-likeness (QED) is 0.832. The molecule has 3 N–H and O–H groups in total. The van der Waals surface area contributed by atoms with Gasteiger partial charge < -0.3 is 20.1 Å². The highest BCUT2D eigenvalue weighted by Gasteiger charge is 2.29. The summed E-state index contributed by atoms with van der Waals surface area (Å²) in [5.41, 5.74) is 4.57. The van der Waals surface area contributed by atoms with Crippen molar-refractivity contribution in [2.45, 2.75) is 18.9 Å². The van der Waals surface area contributed by atoms with Crippen molar-refractivity contribution in [1.82, 2.24) is 4.57 Å². The zero-order valence-electron chi connectivity index (χ0n) is 12.9. The Morgan fingerprint density at radius 1 is 1.54 bits per heavy atom. The average Bonchev–Trinajstić information content (AvgIpc) is 3.38. The highest BCUT2D eigenvalue weighted by atomic mass is 19.1. The monoisotopic (exact) mass is 330 g/mol. The first-order chi connectivity index (χ1) is 11.5. The number of aromatic nitrogens is 1. The molecule has 0 bridgehead atoms. The highest BCUT2D eigenvalue weighted by Crippen LogP contribution is 2.40. The number of carboxylic acids is 1. The molecule has 6 nitrogen and oxygen atoms in total. The molecule has 0 atom stereocenters. The lowest BCUT2D eigenvalue weighted by Gasteiger charge is -2.16. The Morgan fingerprint density at radius 2 is 2.25 bits per heavy atom. The van der Waals surface area contributed by atoms with Gasteiger partial charge in [0, 0.05) is 12.2 Å². The Morgan fingerprint density at radius 3 is 2.79 bits per heavy atom. The van der Waals surface area contributed by atoms with Gasteiger partial charge in [0.1, 0.15) is 16.9 Å². The summed E-state index contributed by atoms with van der Waals surface area (Å²) < 4.78 is 21.4. The fourth-order valence-corrected chi connectivity index (χ4v) is 2.70. The molecule has 1 aromatic heterocycles. The van der Waals surface area contributed by atoms with E-state index in [1.807, 2.05) is 0 Å². The summed E-state index contributed by atoms with van der Waals surface area (Å²) in [5.74, 6) is 3.22. The van der Waals surface area contributed by atoms with Gasteiger partial charge in [-0.05, 0) is 18.9 Å². The molecule has 2 aromatic rings. The second-order valence-corrected chi connectivity index (χ2v) is 5.48. The molecule has 0 spiro atoms. The van der Waals surface area contributed by atoms with Gasteiger partial charge in [-0.2, -0.15) is 0 Å². The fourth-order valence-electron chi connectivity index (χ4n) is 2.70. The average molecular weight is 330 g/mol. The minimum absolute atomic E-state index is 0.00678. The van der Waals surface area contributed by atoms with Crippen LogP contribution in [-0.2, 0) is 0 Å². The Hall–Kier alpha value is -2.85. The summed E-state index contributed by atoms with van der Waals surface area (Å²) in [7, 11) is 1.36. The molecule has 124 valence electrons. The van der Waals surface area contributed by atoms with Gasteiger partial charge in [-0.15, -0.1) is 0 Å². The number of nitrogens with zero attached hydrogens (tertiary/aromatic N) is 1. The number of hydrogen-bond donors (Lipinski definition) is 2. The minimum Gasteiger partial charge on any atom is -0.493 e. The van der Waals surface area contributed by atoms with Crippen LogP contribution in [0.3, 0.4) is 0 Å². The number of aromatic carboxylic acids is 1. The topological polar surface area (TPSA) is 94.6 Å². The van der Waals surface area contributed by atoms with Crippen molar-refractivity contribution >= 4 is 16.9 Å². The third-order valence-electron chi connectivity index (χ3n) is 3.91. The van der Waals surface area contributed by atoms with Crippen LogP contribution in [0.4, 0.5) is 4.39 Å². The molecule has 1 saturated carbocycles. The lowest BCUT2D eigenvalue weighted by Crippen LogP contribution is -2.19. The first-order valence-electron chi connectivity index (χ1n) is 7.37. The predicted octanol–water partition coefficient (Wildman–Crippen LogP) is 1.49. The maximum atomic E-state index is 14.4. The Bertz CT molecular complexity index is 965. The first kappa shape index (κ1) is 16.0. The smallest absolute Gasteiger partial charge is 0.341 e. The second kappa shape index (κ2) is 5.98. The first-order valence-corrected chi connectivity index (χ1v) is 7.37. The van der Waals surface area contributed by atoms with Crippen LogP contribution in [0.5, 0.6) is 5.75 Å². The summed E-state index contributed by atoms with van der Waals surface area (Å²) in [4.78, 5) is 23.8. The largest absolute Gasteiger partial charge is 0.493 e. The summed E-state index contributed by atoms with van der Waals surface area (Å²) >= 11 is 0. The molecule has 1 heterocycles. The lowest BCUT2D eigenvalue weighted by molar-refractivity contribution is 0.0695. The Kier molecular flexibility index (Phi) is 3.99. The number of halogens is 1. The SMILES string of the molecule is COc1c(C#CCN)c(F)cc2c(=O)c(C(=O)O)cn(C3CC3)c12. The van der Waals surface area contributed by atoms with Crippen molar-refractivity contribution < 1.29 is 19.0 Å². The van der Waals surface area contributed by atoms with E-state index >= 15 is 0 Å². The van der Waals surface area contributed by atoms with Crippen molar-refractivity contribution in [3.8, 4) is 17.6 Å². The van der Waals surface area contributed by atoms with E-state index < -0.39 is 22.8 Å². The third-order valence-corrected chi connectivity index (χ3v) is 3.91. The van der Waals surface area contributed by atoms with E-state index in [9.17, 15) is 19.1 Å². The van der Waals surface area contributed by atoms with Crippen LogP contribution < -0.4 is 15.9 Å². The molecule has 0 amide bonds. The number of benzene rings is 1. The van der Waals surface area contributed by atoms with Crippen LogP contribution in [0, 0.1) is 17.7 Å². The zero-order valence-corrected chi connectivity index (χ0v) is 12.9. The van der Waals surface area contributed by atoms with Gasteiger partial charge in [-0.3, -0.25) is 4.79 Å². The molecule has 24 heavy (non-hydrogen) atoms. The van der Waals surface area contributed by atoms with Gasteiger partial charge in [-0.1, -0.05) is 11.8 Å². The molecular weight excluding hydrogens is 315 g/mol. The maximum Gasteiger partial charge on any atom is 0.341 e. The van der Waals surface area contributed by atoms with E-state index in [4.69, 9.17) is 10.5 Å². The number of rotatable bonds is 3. The van der Waals surface area contributed by atoms with E-state index in [1.54, 1.807) is 4.57 Å². The number of nitrogens with two attached hydrogens (primary N) is 1. The number of pyridine rings is 1. The predicted molar refractivity (Wildman–Crippen MR) is 85.9 cm³/mol. The van der Waals surface area contributed by atoms with Crippen molar-refractivity contribution in [3.05, 3.63) is 39.4 Å². The van der Waals surface area contributed by atoms with Crippen molar-refractivity contribution in [1.29, 1.82) is 0 Å². The number of fused-ring (bicyclic) bond motifs is 1. The normalized spacial score (nSPS) is 13.5. The van der Waals surface area contributed by atoms with Crippen molar-refractivity contribution in [3.63, 3.8) is 0 Å². The van der Waals surface area contributed by atoms with Gasteiger partial charge in [0.15, 0.2) is 5.75 Å². The van der Waals surface area contributed by atoms with Crippen LogP contribution in [0.15, 0.2) is 17.1 Å². The molecule has 0 aliphatic heterocycles. The van der Waals surface area contributed by atoms with Gasteiger partial charge in [-0.25, -0.2) is 9.18 Å². The zero-order chi connectivity index (χ0) is 17.4. The molecule has 7 heteroatoms. The van der Waals surface area contributed by atoms with Crippen molar-refractivity contribution in [2.75, 3.05) is 13.7 Å². The van der Waals surface area contributed by atoms with E-state index in [-0.39, 0.29) is 29.3 Å². The molecule has 3 rings (SSSR count). The maximum absolute atomic E-state index is 14.4. The number of ether oxygens (including phenoxy) is 1. The van der Waals surface area contributed by atoms with Crippen LogP contribution in [-0.4, -0.2) is 29.3 Å². The molecule has 1 fully saturated rings. The molecule has 0 unspecified atom stereocenters. The summed E-state index contributed by atoms with van der Waals surface area (Å²) in [6, 6.07) is 1.08. The number of methoxy groups -OCH3 is 1. The standard InChI is InChI=1S/C17H15FN2O4/c1-24-16-10(3-2-6-19)13(18)7-11-14(16)20(9-4-5-9)8-12(15(11)21)17(22)23/h7-9H,4-6,19H2,1H3,(H,22,23). The van der Waals surface area contributed by atoms with Gasteiger partial charge in [0.2, 0.25) is 5.43 Å². The summed E-state index contributed by atoms with van der Waals surface area (Å²) in [5, 5.41) is 9.21. The minimum atomic E-state index is -1.34. The molecule has 1 aromatic carbocycles. The van der Waals surface area contributed by atoms with Crippen molar-refractivity contribution in [2.24, 2.45) is 5.73 Å². The number of carboxylic acid groups (broad SMARTS) is 1. The molecule has 0 saturated heterocycles. The van der Waals surface area contributed by atoms with E-state index in [1.165, 1.54) is 13.3 Å². The van der Waals surface area contributed by atoms with Crippen LogP contribution >= 0.6 is 0 Å². The van der Waals surface area contributed by atoms with E-state index in [2.05, 4.69) is 11.8 Å². The fraction of sp³-hybridized carbons (Fsp3) is 0.294. The molecule has 1 aliphatic carbocycles. The van der Waals surface area contributed by atoms with Gasteiger partial charge in [0.25, 0.3) is 0 Å². The third kappa shape index (κ3) is 2.51.